The zero-order valence-electron chi connectivity index (χ0n) is 20.3. The number of anilines is 1. The van der Waals surface area contributed by atoms with Gasteiger partial charge in [0.1, 0.15) is 18.1 Å². The smallest absolute Gasteiger partial charge is 0.351 e. The molecule has 1 aliphatic heterocycles. The second-order valence-corrected chi connectivity index (χ2v) is 9.30. The Morgan fingerprint density at radius 1 is 1.09 bits per heavy atom. The number of hydrogen-bond donors (Lipinski definition) is 3. The van der Waals surface area contributed by atoms with Crippen molar-refractivity contribution in [3.63, 3.8) is 0 Å². The lowest BCUT2D eigenvalue weighted by atomic mass is 10.1. The third kappa shape index (κ3) is 7.61. The van der Waals surface area contributed by atoms with Crippen molar-refractivity contribution in [3.05, 3.63) is 34.1 Å². The molecule has 3 rings (SSSR count). The average molecular weight is 477 g/mol. The van der Waals surface area contributed by atoms with Gasteiger partial charge < -0.3 is 20.7 Å². The number of unbranched alkanes of at least 4 members (excludes halogenated alkanes) is 9. The number of ether oxygens (including phenoxy) is 1. The van der Waals surface area contributed by atoms with Crippen molar-refractivity contribution in [2.45, 2.75) is 109 Å². The molecule has 2 aromatic heterocycles. The topological polar surface area (TPSA) is 141 Å². The molecule has 4 N–H and O–H groups in total. The first-order valence-electron chi connectivity index (χ1n) is 12.7. The van der Waals surface area contributed by atoms with Crippen molar-refractivity contribution in [2.75, 3.05) is 12.3 Å². The van der Waals surface area contributed by atoms with Gasteiger partial charge in [0.2, 0.25) is 0 Å². The minimum absolute atomic E-state index is 0.130. The van der Waals surface area contributed by atoms with Crippen molar-refractivity contribution >= 4 is 5.82 Å². The van der Waals surface area contributed by atoms with Gasteiger partial charge in [-0.1, -0.05) is 69.9 Å². The molecule has 1 aliphatic rings. The van der Waals surface area contributed by atoms with E-state index < -0.39 is 24.1 Å². The zero-order valence-corrected chi connectivity index (χ0v) is 20.3. The fourth-order valence-corrected chi connectivity index (χ4v) is 4.40. The number of hydrogen-bond acceptors (Lipinski definition) is 8. The third-order valence-corrected chi connectivity index (χ3v) is 6.46. The van der Waals surface area contributed by atoms with Crippen LogP contribution in [0.2, 0.25) is 0 Å². The lowest BCUT2D eigenvalue weighted by Gasteiger charge is -2.16. The summed E-state index contributed by atoms with van der Waals surface area (Å²) in [5.74, 6) is 0.130. The Morgan fingerprint density at radius 2 is 1.76 bits per heavy atom. The molecule has 10 heteroatoms. The van der Waals surface area contributed by atoms with E-state index in [1.165, 1.54) is 62.4 Å². The summed E-state index contributed by atoms with van der Waals surface area (Å²) < 4.78 is 8.59. The van der Waals surface area contributed by atoms with Crippen LogP contribution in [0.3, 0.4) is 0 Å². The van der Waals surface area contributed by atoms with E-state index in [0.717, 1.165) is 18.5 Å². The molecule has 0 aliphatic carbocycles. The summed E-state index contributed by atoms with van der Waals surface area (Å²) in [4.78, 5) is 16.2. The Kier molecular flexibility index (Phi) is 10.5. The van der Waals surface area contributed by atoms with Crippen molar-refractivity contribution < 1.29 is 14.9 Å². The van der Waals surface area contributed by atoms with Crippen LogP contribution in [0.5, 0.6) is 0 Å². The first kappa shape index (κ1) is 26.3. The number of nitrogens with zero attached hydrogens (tertiary/aromatic N) is 5. The second kappa shape index (κ2) is 13.6. The molecule has 3 heterocycles. The molecule has 34 heavy (non-hydrogen) atoms. The first-order chi connectivity index (χ1) is 16.5. The Morgan fingerprint density at radius 3 is 2.41 bits per heavy atom. The van der Waals surface area contributed by atoms with E-state index in [4.69, 9.17) is 10.5 Å². The largest absolute Gasteiger partial charge is 0.394 e. The summed E-state index contributed by atoms with van der Waals surface area (Å²) in [5, 5.41) is 27.7. The summed E-state index contributed by atoms with van der Waals surface area (Å²) in [6.45, 7) is 2.25. The van der Waals surface area contributed by atoms with Gasteiger partial charge in [0.05, 0.1) is 24.9 Å². The zero-order chi connectivity index (χ0) is 24.3. The van der Waals surface area contributed by atoms with Crippen LogP contribution in [0.25, 0.3) is 0 Å². The van der Waals surface area contributed by atoms with Gasteiger partial charge in [-0.2, -0.15) is 4.98 Å². The molecule has 1 saturated heterocycles. The number of nitrogen functional groups attached to an aromatic ring is 1. The molecule has 0 bridgehead atoms. The highest BCUT2D eigenvalue weighted by Crippen LogP contribution is 2.28. The molecular formula is C24H40N6O4. The number of aryl methyl sites for hydroxylation is 1. The number of aromatic nitrogens is 5. The number of aliphatic hydroxyl groups is 2. The monoisotopic (exact) mass is 476 g/mol. The molecular weight excluding hydrogens is 436 g/mol. The molecule has 0 unspecified atom stereocenters. The summed E-state index contributed by atoms with van der Waals surface area (Å²) in [7, 11) is 0. The molecule has 0 spiro atoms. The highest BCUT2D eigenvalue weighted by Gasteiger charge is 2.35. The van der Waals surface area contributed by atoms with Crippen LogP contribution in [0.1, 0.15) is 95.0 Å². The van der Waals surface area contributed by atoms with E-state index in [-0.39, 0.29) is 18.8 Å². The standard InChI is InChI=1S/C24H40N6O4/c1-2-3-4-5-6-7-8-9-10-11-12-19-16-29(28-27-19)14-18-15-30(24(33)26-23(18)25)22-13-20(32)21(17-31)34-22/h15-16,20-22,31-32H,2-14,17H2,1H3,(H2,25,26,33)/t20-,21+,22+/m0/s1. The SMILES string of the molecule is CCCCCCCCCCCCc1cn(Cc2cn([C@H]3C[C@H](O)[C@@H](CO)O3)c(=O)nc2N)nn1. The van der Waals surface area contributed by atoms with Gasteiger partial charge in [-0.25, -0.2) is 9.48 Å². The maximum atomic E-state index is 12.3. The predicted octanol–water partition coefficient (Wildman–Crippen LogP) is 2.57. The average Bonchev–Trinajstić information content (AvgIpc) is 3.42. The highest BCUT2D eigenvalue weighted by molar-refractivity contribution is 5.36. The molecule has 3 atom stereocenters. The summed E-state index contributed by atoms with van der Waals surface area (Å²) >= 11 is 0. The lowest BCUT2D eigenvalue weighted by molar-refractivity contribution is -0.0459. The maximum Gasteiger partial charge on any atom is 0.351 e. The predicted molar refractivity (Wildman–Crippen MR) is 129 cm³/mol. The molecule has 0 saturated carbocycles. The quantitative estimate of drug-likeness (QED) is 0.333. The van der Waals surface area contributed by atoms with Gasteiger partial charge >= 0.3 is 5.69 Å². The third-order valence-electron chi connectivity index (χ3n) is 6.46. The summed E-state index contributed by atoms with van der Waals surface area (Å²) in [6, 6.07) is 0. The Hall–Kier alpha value is -2.30. The minimum atomic E-state index is -0.841. The fourth-order valence-electron chi connectivity index (χ4n) is 4.40. The van der Waals surface area contributed by atoms with Crippen LogP contribution in [-0.4, -0.2) is 53.6 Å². The number of nitrogens with two attached hydrogens (primary N) is 1. The van der Waals surface area contributed by atoms with Crippen LogP contribution in [0.15, 0.2) is 17.2 Å². The summed E-state index contributed by atoms with van der Waals surface area (Å²) in [5.41, 5.74) is 6.97. The molecule has 10 nitrogen and oxygen atoms in total. The molecule has 1 fully saturated rings. The van der Waals surface area contributed by atoms with Crippen LogP contribution >= 0.6 is 0 Å². The van der Waals surface area contributed by atoms with Gasteiger partial charge in [0, 0.05) is 24.4 Å². The second-order valence-electron chi connectivity index (χ2n) is 9.30. The van der Waals surface area contributed by atoms with Crippen LogP contribution in [0.4, 0.5) is 5.82 Å². The lowest BCUT2D eigenvalue weighted by Crippen LogP contribution is -2.29. The van der Waals surface area contributed by atoms with Gasteiger partial charge in [-0.3, -0.25) is 4.57 Å². The van der Waals surface area contributed by atoms with Crippen molar-refractivity contribution in [2.24, 2.45) is 0 Å². The van der Waals surface area contributed by atoms with Gasteiger partial charge in [-0.05, 0) is 12.8 Å². The Labute approximate surface area is 201 Å². The van der Waals surface area contributed by atoms with Crippen molar-refractivity contribution in [1.82, 2.24) is 24.5 Å². The molecule has 2 aromatic rings. The van der Waals surface area contributed by atoms with E-state index >= 15 is 0 Å². The van der Waals surface area contributed by atoms with Crippen LogP contribution in [-0.2, 0) is 17.7 Å². The maximum absolute atomic E-state index is 12.3. The van der Waals surface area contributed by atoms with Crippen LogP contribution in [0, 0.1) is 0 Å². The number of aliphatic hydroxyl groups excluding tert-OH is 2. The van der Waals surface area contributed by atoms with Crippen molar-refractivity contribution in [3.8, 4) is 0 Å². The Balaban J connectivity index is 1.45. The Bertz CT molecular complexity index is 930. The van der Waals surface area contributed by atoms with Gasteiger partial charge in [0.15, 0.2) is 0 Å². The minimum Gasteiger partial charge on any atom is -0.394 e. The van der Waals surface area contributed by atoms with E-state index in [1.54, 1.807) is 10.9 Å². The molecule has 0 aromatic carbocycles. The van der Waals surface area contributed by atoms with Crippen LogP contribution < -0.4 is 11.4 Å². The van der Waals surface area contributed by atoms with E-state index in [1.807, 2.05) is 6.20 Å². The van der Waals surface area contributed by atoms with Gasteiger partial charge in [0.25, 0.3) is 0 Å². The van der Waals surface area contributed by atoms with Gasteiger partial charge in [-0.15, -0.1) is 5.10 Å². The first-order valence-corrected chi connectivity index (χ1v) is 12.7. The van der Waals surface area contributed by atoms with Crippen molar-refractivity contribution in [1.29, 1.82) is 0 Å². The normalized spacial score (nSPS) is 20.3. The molecule has 0 amide bonds. The van der Waals surface area contributed by atoms with E-state index in [0.29, 0.717) is 12.1 Å². The summed E-state index contributed by atoms with van der Waals surface area (Å²) in [6.07, 6.45) is 15.3. The highest BCUT2D eigenvalue weighted by atomic mass is 16.5. The number of rotatable bonds is 15. The van der Waals surface area contributed by atoms with E-state index in [2.05, 4.69) is 22.2 Å². The fraction of sp³-hybridized carbons (Fsp3) is 0.750. The molecule has 190 valence electrons. The molecule has 0 radical (unpaired) electrons. The van der Waals surface area contributed by atoms with E-state index in [9.17, 15) is 15.0 Å².